The SMILES string of the molecule is COc1ccc(OC)c(N2CC(C(=O)NC(C)C(=O)NC(C)c3ccccc3)CC2=O)c1. The summed E-state index contributed by atoms with van der Waals surface area (Å²) in [5, 5.41) is 5.64. The molecule has 2 aromatic rings. The van der Waals surface area contributed by atoms with E-state index in [1.807, 2.05) is 37.3 Å². The number of nitrogens with one attached hydrogen (secondary N) is 2. The fourth-order valence-electron chi connectivity index (χ4n) is 3.68. The molecule has 170 valence electrons. The first kappa shape index (κ1) is 23.1. The van der Waals surface area contributed by atoms with Gasteiger partial charge in [-0.1, -0.05) is 30.3 Å². The molecule has 0 aromatic heterocycles. The van der Waals surface area contributed by atoms with Crippen LogP contribution in [-0.4, -0.2) is 44.5 Å². The third kappa shape index (κ3) is 5.19. The van der Waals surface area contributed by atoms with E-state index >= 15 is 0 Å². The van der Waals surface area contributed by atoms with Crippen LogP contribution in [0.25, 0.3) is 0 Å². The largest absolute Gasteiger partial charge is 0.497 e. The summed E-state index contributed by atoms with van der Waals surface area (Å²) in [7, 11) is 3.06. The van der Waals surface area contributed by atoms with Gasteiger partial charge >= 0.3 is 0 Å². The van der Waals surface area contributed by atoms with Gasteiger partial charge in [0.05, 0.1) is 31.9 Å². The van der Waals surface area contributed by atoms with Crippen LogP contribution in [0.5, 0.6) is 11.5 Å². The van der Waals surface area contributed by atoms with Gasteiger partial charge in [0.1, 0.15) is 17.5 Å². The molecule has 8 nitrogen and oxygen atoms in total. The van der Waals surface area contributed by atoms with Gasteiger partial charge < -0.3 is 25.0 Å². The highest BCUT2D eigenvalue weighted by atomic mass is 16.5. The number of benzene rings is 2. The summed E-state index contributed by atoms with van der Waals surface area (Å²) >= 11 is 0. The van der Waals surface area contributed by atoms with Crippen LogP contribution in [0.2, 0.25) is 0 Å². The van der Waals surface area contributed by atoms with Crippen molar-refractivity contribution in [2.75, 3.05) is 25.7 Å². The van der Waals surface area contributed by atoms with Gasteiger partial charge in [-0.05, 0) is 31.5 Å². The van der Waals surface area contributed by atoms with Gasteiger partial charge in [-0.25, -0.2) is 0 Å². The lowest BCUT2D eigenvalue weighted by molar-refractivity contribution is -0.131. The second kappa shape index (κ2) is 10.2. The molecule has 2 N–H and O–H groups in total. The molecule has 32 heavy (non-hydrogen) atoms. The third-order valence-electron chi connectivity index (χ3n) is 5.58. The average molecular weight is 440 g/mol. The number of amides is 3. The Bertz CT molecular complexity index is 979. The summed E-state index contributed by atoms with van der Waals surface area (Å²) in [5.74, 6) is -0.281. The molecule has 1 aliphatic rings. The Hall–Kier alpha value is -3.55. The van der Waals surface area contributed by atoms with E-state index < -0.39 is 12.0 Å². The number of rotatable bonds is 8. The number of hydrogen-bond donors (Lipinski definition) is 2. The molecule has 1 saturated heterocycles. The Balaban J connectivity index is 1.61. The van der Waals surface area contributed by atoms with Crippen molar-refractivity contribution in [3.63, 3.8) is 0 Å². The average Bonchev–Trinajstić information content (AvgIpc) is 3.20. The molecule has 3 atom stereocenters. The van der Waals surface area contributed by atoms with Crippen LogP contribution in [0, 0.1) is 5.92 Å². The Morgan fingerprint density at radius 1 is 1.03 bits per heavy atom. The number of carbonyl (C=O) groups excluding carboxylic acids is 3. The van der Waals surface area contributed by atoms with Gasteiger partial charge in [-0.2, -0.15) is 0 Å². The van der Waals surface area contributed by atoms with Crippen molar-refractivity contribution < 1.29 is 23.9 Å². The maximum Gasteiger partial charge on any atom is 0.242 e. The van der Waals surface area contributed by atoms with E-state index in [4.69, 9.17) is 9.47 Å². The number of anilines is 1. The number of ether oxygens (including phenoxy) is 2. The second-order valence-corrected chi connectivity index (χ2v) is 7.81. The van der Waals surface area contributed by atoms with Crippen molar-refractivity contribution in [2.24, 2.45) is 5.92 Å². The van der Waals surface area contributed by atoms with Crippen LogP contribution in [0.4, 0.5) is 5.69 Å². The fourth-order valence-corrected chi connectivity index (χ4v) is 3.68. The van der Waals surface area contributed by atoms with E-state index in [1.165, 1.54) is 12.0 Å². The van der Waals surface area contributed by atoms with E-state index in [-0.39, 0.29) is 36.7 Å². The molecular formula is C24H29N3O5. The zero-order valence-corrected chi connectivity index (χ0v) is 18.8. The van der Waals surface area contributed by atoms with Crippen molar-refractivity contribution in [1.82, 2.24) is 10.6 Å². The van der Waals surface area contributed by atoms with Gasteiger partial charge in [0, 0.05) is 19.0 Å². The Morgan fingerprint density at radius 3 is 2.41 bits per heavy atom. The molecule has 0 radical (unpaired) electrons. The first-order valence-electron chi connectivity index (χ1n) is 10.5. The predicted octanol–water partition coefficient (Wildman–Crippen LogP) is 2.44. The van der Waals surface area contributed by atoms with E-state index in [0.717, 1.165) is 5.56 Å². The maximum absolute atomic E-state index is 12.8. The number of methoxy groups -OCH3 is 2. The minimum Gasteiger partial charge on any atom is -0.497 e. The number of nitrogens with zero attached hydrogens (tertiary/aromatic N) is 1. The number of carbonyl (C=O) groups is 3. The van der Waals surface area contributed by atoms with Crippen LogP contribution in [0.15, 0.2) is 48.5 Å². The summed E-state index contributed by atoms with van der Waals surface area (Å²) in [4.78, 5) is 39.5. The molecule has 0 aliphatic carbocycles. The van der Waals surface area contributed by atoms with Crippen LogP contribution < -0.4 is 25.0 Å². The minimum absolute atomic E-state index is 0.0565. The lowest BCUT2D eigenvalue weighted by Crippen LogP contribution is -2.47. The molecule has 2 aromatic carbocycles. The Kier molecular flexibility index (Phi) is 7.35. The van der Waals surface area contributed by atoms with Crippen molar-refractivity contribution >= 4 is 23.4 Å². The fraction of sp³-hybridized carbons (Fsp3) is 0.375. The first-order chi connectivity index (χ1) is 15.3. The molecule has 3 unspecified atom stereocenters. The predicted molar refractivity (Wildman–Crippen MR) is 121 cm³/mol. The molecule has 1 fully saturated rings. The lowest BCUT2D eigenvalue weighted by atomic mass is 10.1. The van der Waals surface area contributed by atoms with Gasteiger partial charge in [0.25, 0.3) is 0 Å². The smallest absolute Gasteiger partial charge is 0.242 e. The molecule has 3 rings (SSSR count). The summed E-state index contributed by atoms with van der Waals surface area (Å²) in [5.41, 5.74) is 1.53. The van der Waals surface area contributed by atoms with Crippen LogP contribution in [0.3, 0.4) is 0 Å². The van der Waals surface area contributed by atoms with Gasteiger partial charge in [0.2, 0.25) is 17.7 Å². The van der Waals surface area contributed by atoms with Crippen LogP contribution >= 0.6 is 0 Å². The maximum atomic E-state index is 12.8. The summed E-state index contributed by atoms with van der Waals surface area (Å²) in [6.07, 6.45) is 0.0565. The molecule has 3 amide bonds. The van der Waals surface area contributed by atoms with Crippen molar-refractivity contribution in [3.05, 3.63) is 54.1 Å². The first-order valence-corrected chi connectivity index (χ1v) is 10.5. The van der Waals surface area contributed by atoms with Gasteiger partial charge in [0.15, 0.2) is 0 Å². The quantitative estimate of drug-likeness (QED) is 0.659. The topological polar surface area (TPSA) is 97.0 Å². The van der Waals surface area contributed by atoms with E-state index in [2.05, 4.69) is 10.6 Å². The zero-order chi connectivity index (χ0) is 23.3. The van der Waals surface area contributed by atoms with Crippen LogP contribution in [0.1, 0.15) is 31.9 Å². The van der Waals surface area contributed by atoms with Gasteiger partial charge in [-0.15, -0.1) is 0 Å². The van der Waals surface area contributed by atoms with E-state index in [9.17, 15) is 14.4 Å². The Morgan fingerprint density at radius 2 is 1.75 bits per heavy atom. The van der Waals surface area contributed by atoms with Crippen LogP contribution in [-0.2, 0) is 14.4 Å². The van der Waals surface area contributed by atoms with E-state index in [0.29, 0.717) is 17.2 Å². The molecule has 0 spiro atoms. The summed E-state index contributed by atoms with van der Waals surface area (Å²) in [6, 6.07) is 13.8. The van der Waals surface area contributed by atoms with E-state index in [1.54, 1.807) is 32.2 Å². The molecular weight excluding hydrogens is 410 g/mol. The van der Waals surface area contributed by atoms with Crippen molar-refractivity contribution in [1.29, 1.82) is 0 Å². The third-order valence-corrected chi connectivity index (χ3v) is 5.58. The highest BCUT2D eigenvalue weighted by molar-refractivity contribution is 6.02. The van der Waals surface area contributed by atoms with Crippen molar-refractivity contribution in [2.45, 2.75) is 32.4 Å². The normalized spacial score (nSPS) is 17.4. The monoisotopic (exact) mass is 439 g/mol. The highest BCUT2D eigenvalue weighted by Gasteiger charge is 2.37. The van der Waals surface area contributed by atoms with Gasteiger partial charge in [-0.3, -0.25) is 14.4 Å². The molecule has 0 bridgehead atoms. The minimum atomic E-state index is -0.732. The standard InChI is InChI=1S/C24H29N3O5/c1-15(17-8-6-5-7-9-17)25-23(29)16(2)26-24(30)18-12-22(28)27(14-18)20-13-19(31-3)10-11-21(20)32-4/h5-11,13,15-16,18H,12,14H2,1-4H3,(H,25,29)(H,26,30). The highest BCUT2D eigenvalue weighted by Crippen LogP contribution is 2.36. The molecule has 0 saturated carbocycles. The van der Waals surface area contributed by atoms with Crippen molar-refractivity contribution in [3.8, 4) is 11.5 Å². The summed E-state index contributed by atoms with van der Waals surface area (Å²) in [6.45, 7) is 3.71. The Labute approximate surface area is 187 Å². The second-order valence-electron chi connectivity index (χ2n) is 7.81. The molecule has 8 heteroatoms. The molecule has 1 heterocycles. The zero-order valence-electron chi connectivity index (χ0n) is 18.8. The summed E-state index contributed by atoms with van der Waals surface area (Å²) < 4.78 is 10.6. The number of hydrogen-bond acceptors (Lipinski definition) is 5. The lowest BCUT2D eigenvalue weighted by Gasteiger charge is -2.21. The molecule has 1 aliphatic heterocycles.